The summed E-state index contributed by atoms with van der Waals surface area (Å²) in [6, 6.07) is 14.4. The van der Waals surface area contributed by atoms with Gasteiger partial charge in [0.25, 0.3) is 5.56 Å². The molecule has 2 N–H and O–H groups in total. The molecular weight excluding hydrogens is 406 g/mol. The Balaban J connectivity index is 1.63. The van der Waals surface area contributed by atoms with E-state index in [1.807, 2.05) is 43.0 Å². The van der Waals surface area contributed by atoms with Crippen molar-refractivity contribution in [3.63, 3.8) is 0 Å². The molecule has 2 heterocycles. The van der Waals surface area contributed by atoms with Crippen molar-refractivity contribution in [2.45, 2.75) is 45.8 Å². The Bertz CT molecular complexity index is 1250. The summed E-state index contributed by atoms with van der Waals surface area (Å²) >= 11 is 0. The number of hydrogen-bond donors (Lipinski definition) is 2. The summed E-state index contributed by atoms with van der Waals surface area (Å²) < 4.78 is 0. The predicted octanol–water partition coefficient (Wildman–Crippen LogP) is 2.90. The number of carbonyl (C=O) groups is 2. The van der Waals surface area contributed by atoms with Crippen molar-refractivity contribution in [1.29, 1.82) is 0 Å². The zero-order valence-corrected chi connectivity index (χ0v) is 18.7. The van der Waals surface area contributed by atoms with Crippen LogP contribution < -0.4 is 15.8 Å². The third-order valence-corrected chi connectivity index (χ3v) is 5.84. The van der Waals surface area contributed by atoms with Gasteiger partial charge < -0.3 is 10.3 Å². The van der Waals surface area contributed by atoms with Crippen LogP contribution in [0.25, 0.3) is 10.9 Å². The van der Waals surface area contributed by atoms with Gasteiger partial charge in [-0.05, 0) is 52.0 Å². The number of aromatic amines is 1. The minimum absolute atomic E-state index is 0.00713. The van der Waals surface area contributed by atoms with Gasteiger partial charge in [-0.25, -0.2) is 4.98 Å². The number of H-pyrrole nitrogens is 1. The Kier molecular flexibility index (Phi) is 5.56. The highest BCUT2D eigenvalue weighted by atomic mass is 16.2. The van der Waals surface area contributed by atoms with Gasteiger partial charge >= 0.3 is 0 Å². The molecule has 0 atom stereocenters. The SMILES string of the molecule is CC(C)N(CC(=O)N1c2ccccc2NC(=O)C1(C)C)Cc1nc2ccccc2c(=O)[nH]1. The number of para-hydroxylation sites is 3. The van der Waals surface area contributed by atoms with E-state index in [0.717, 1.165) is 0 Å². The second-order valence-electron chi connectivity index (χ2n) is 8.79. The molecule has 2 amide bonds. The van der Waals surface area contributed by atoms with Gasteiger partial charge in [0, 0.05) is 6.04 Å². The van der Waals surface area contributed by atoms with Crippen LogP contribution in [0, 0.1) is 0 Å². The van der Waals surface area contributed by atoms with Crippen molar-refractivity contribution >= 4 is 34.1 Å². The molecule has 0 radical (unpaired) electrons. The Morgan fingerprint density at radius 1 is 1.09 bits per heavy atom. The number of nitrogens with zero attached hydrogens (tertiary/aromatic N) is 3. The third-order valence-electron chi connectivity index (χ3n) is 5.84. The fourth-order valence-electron chi connectivity index (χ4n) is 3.97. The largest absolute Gasteiger partial charge is 0.322 e. The van der Waals surface area contributed by atoms with E-state index in [1.165, 1.54) is 0 Å². The van der Waals surface area contributed by atoms with Crippen LogP contribution in [0.2, 0.25) is 0 Å². The van der Waals surface area contributed by atoms with Crippen LogP contribution in [0.15, 0.2) is 53.3 Å². The van der Waals surface area contributed by atoms with E-state index in [9.17, 15) is 14.4 Å². The predicted molar refractivity (Wildman–Crippen MR) is 125 cm³/mol. The molecule has 32 heavy (non-hydrogen) atoms. The molecule has 2 aromatic carbocycles. The molecule has 4 rings (SSSR count). The average Bonchev–Trinajstić information content (AvgIpc) is 2.74. The molecule has 0 unspecified atom stereocenters. The van der Waals surface area contributed by atoms with E-state index in [0.29, 0.717) is 34.6 Å². The lowest BCUT2D eigenvalue weighted by Crippen LogP contribution is -2.60. The molecular formula is C24H27N5O3. The molecule has 1 aliphatic heterocycles. The Labute approximate surface area is 186 Å². The maximum atomic E-state index is 13.5. The van der Waals surface area contributed by atoms with Gasteiger partial charge in [0.1, 0.15) is 11.4 Å². The number of anilines is 2. The van der Waals surface area contributed by atoms with Gasteiger partial charge in [-0.1, -0.05) is 24.3 Å². The smallest absolute Gasteiger partial charge is 0.258 e. The standard InChI is InChI=1S/C24H27N5O3/c1-15(2)28(13-20-25-17-10-6-5-9-16(17)22(31)27-20)14-21(30)29-19-12-8-7-11-18(19)26-23(32)24(29,3)4/h5-12,15H,13-14H2,1-4H3,(H,26,32)(H,25,27,31). The lowest BCUT2D eigenvalue weighted by Gasteiger charge is -2.43. The van der Waals surface area contributed by atoms with Crippen LogP contribution in [0.4, 0.5) is 11.4 Å². The van der Waals surface area contributed by atoms with Crippen molar-refractivity contribution < 1.29 is 9.59 Å². The second-order valence-corrected chi connectivity index (χ2v) is 8.79. The first-order chi connectivity index (χ1) is 15.2. The van der Waals surface area contributed by atoms with Gasteiger partial charge in [0.2, 0.25) is 11.8 Å². The zero-order valence-electron chi connectivity index (χ0n) is 18.7. The van der Waals surface area contributed by atoms with Gasteiger partial charge in [-0.2, -0.15) is 0 Å². The minimum Gasteiger partial charge on any atom is -0.322 e. The third kappa shape index (κ3) is 3.89. The van der Waals surface area contributed by atoms with Gasteiger partial charge in [-0.15, -0.1) is 0 Å². The number of amides is 2. The Morgan fingerprint density at radius 2 is 1.78 bits per heavy atom. The minimum atomic E-state index is -1.04. The summed E-state index contributed by atoms with van der Waals surface area (Å²) in [5.74, 6) is 0.0570. The zero-order chi connectivity index (χ0) is 23.0. The molecule has 1 aliphatic rings. The molecule has 166 valence electrons. The maximum Gasteiger partial charge on any atom is 0.258 e. The summed E-state index contributed by atoms with van der Waals surface area (Å²) in [6.45, 7) is 7.80. The van der Waals surface area contributed by atoms with E-state index >= 15 is 0 Å². The monoisotopic (exact) mass is 433 g/mol. The summed E-state index contributed by atoms with van der Waals surface area (Å²) in [5, 5.41) is 3.41. The highest BCUT2D eigenvalue weighted by Gasteiger charge is 2.43. The average molecular weight is 434 g/mol. The fraction of sp³-hybridized carbons (Fsp3) is 0.333. The lowest BCUT2D eigenvalue weighted by molar-refractivity contribution is -0.127. The first-order valence-electron chi connectivity index (χ1n) is 10.6. The summed E-state index contributed by atoms with van der Waals surface area (Å²) in [4.78, 5) is 49.6. The quantitative estimate of drug-likeness (QED) is 0.645. The van der Waals surface area contributed by atoms with Crippen molar-refractivity contribution in [3.05, 3.63) is 64.7 Å². The van der Waals surface area contributed by atoms with Gasteiger partial charge in [-0.3, -0.25) is 24.2 Å². The van der Waals surface area contributed by atoms with Crippen LogP contribution in [-0.2, 0) is 16.1 Å². The van der Waals surface area contributed by atoms with Crippen LogP contribution in [-0.4, -0.2) is 44.8 Å². The molecule has 0 bridgehead atoms. The molecule has 0 spiro atoms. The van der Waals surface area contributed by atoms with E-state index < -0.39 is 5.54 Å². The van der Waals surface area contributed by atoms with Crippen LogP contribution in [0.3, 0.4) is 0 Å². The van der Waals surface area contributed by atoms with Crippen molar-refractivity contribution in [3.8, 4) is 0 Å². The lowest BCUT2D eigenvalue weighted by atomic mass is 9.96. The Morgan fingerprint density at radius 3 is 2.53 bits per heavy atom. The van der Waals surface area contributed by atoms with Crippen molar-refractivity contribution in [1.82, 2.24) is 14.9 Å². The number of benzene rings is 2. The van der Waals surface area contributed by atoms with Crippen LogP contribution in [0.1, 0.15) is 33.5 Å². The van der Waals surface area contributed by atoms with E-state index in [1.54, 1.807) is 43.0 Å². The molecule has 0 aliphatic carbocycles. The molecule has 3 aromatic rings. The Hall–Kier alpha value is -3.52. The first-order valence-corrected chi connectivity index (χ1v) is 10.6. The number of rotatable bonds is 5. The van der Waals surface area contributed by atoms with Crippen LogP contribution >= 0.6 is 0 Å². The number of hydrogen-bond acceptors (Lipinski definition) is 5. The molecule has 8 nitrogen and oxygen atoms in total. The highest BCUT2D eigenvalue weighted by molar-refractivity contribution is 6.14. The highest BCUT2D eigenvalue weighted by Crippen LogP contribution is 2.36. The number of aromatic nitrogens is 2. The molecule has 8 heteroatoms. The van der Waals surface area contributed by atoms with E-state index in [-0.39, 0.29) is 30.0 Å². The number of nitrogens with one attached hydrogen (secondary N) is 2. The van der Waals surface area contributed by atoms with Gasteiger partial charge in [0.05, 0.1) is 35.4 Å². The second kappa shape index (κ2) is 8.20. The van der Waals surface area contributed by atoms with Crippen molar-refractivity contribution in [2.24, 2.45) is 0 Å². The van der Waals surface area contributed by atoms with Gasteiger partial charge in [0.15, 0.2) is 0 Å². The summed E-state index contributed by atoms with van der Waals surface area (Å²) in [6.07, 6.45) is 0. The number of fused-ring (bicyclic) bond motifs is 2. The summed E-state index contributed by atoms with van der Waals surface area (Å²) in [5.41, 5.74) is 0.654. The normalized spacial score (nSPS) is 15.2. The maximum absolute atomic E-state index is 13.5. The molecule has 0 fully saturated rings. The molecule has 1 aromatic heterocycles. The van der Waals surface area contributed by atoms with E-state index in [4.69, 9.17) is 0 Å². The van der Waals surface area contributed by atoms with Crippen LogP contribution in [0.5, 0.6) is 0 Å². The number of carbonyl (C=O) groups excluding carboxylic acids is 2. The fourth-order valence-corrected chi connectivity index (χ4v) is 3.97. The molecule has 0 saturated heterocycles. The topological polar surface area (TPSA) is 98.4 Å². The van der Waals surface area contributed by atoms with E-state index in [2.05, 4.69) is 15.3 Å². The first kappa shape index (κ1) is 21.7. The molecule has 0 saturated carbocycles. The summed E-state index contributed by atoms with van der Waals surface area (Å²) in [7, 11) is 0. The van der Waals surface area contributed by atoms with Crippen molar-refractivity contribution in [2.75, 3.05) is 16.8 Å².